The Labute approximate surface area is 132 Å². The SMILES string of the molecule is O=C(O)[C@@H]1[C@H](C(=O)Nc2cccc3ccccc23)[C@@H]2C=C[C@H]1O2. The molecule has 1 saturated heterocycles. The van der Waals surface area contributed by atoms with E-state index in [0.717, 1.165) is 10.8 Å². The standard InChI is InChI=1S/C18H15NO4/c20-17(15-13-8-9-14(23-13)16(15)18(21)22)19-12-7-3-5-10-4-1-2-6-11(10)12/h1-9,13-16H,(H,19,20)(H,21,22)/t13-,14+,15+,16-/m0/s1. The van der Waals surface area contributed by atoms with Crippen molar-refractivity contribution in [1.29, 1.82) is 0 Å². The molecule has 4 rings (SSSR count). The molecule has 2 aromatic carbocycles. The summed E-state index contributed by atoms with van der Waals surface area (Å²) in [7, 11) is 0. The van der Waals surface area contributed by atoms with Crippen molar-refractivity contribution in [3.8, 4) is 0 Å². The number of hydrogen-bond acceptors (Lipinski definition) is 3. The maximum atomic E-state index is 12.7. The van der Waals surface area contributed by atoms with Crippen molar-refractivity contribution in [2.24, 2.45) is 11.8 Å². The highest BCUT2D eigenvalue weighted by molar-refractivity contribution is 6.04. The van der Waals surface area contributed by atoms with Crippen molar-refractivity contribution in [3.05, 3.63) is 54.6 Å². The molecule has 116 valence electrons. The van der Waals surface area contributed by atoms with Crippen molar-refractivity contribution < 1.29 is 19.4 Å². The van der Waals surface area contributed by atoms with E-state index in [1.54, 1.807) is 12.2 Å². The van der Waals surface area contributed by atoms with Crippen LogP contribution in [0.15, 0.2) is 54.6 Å². The van der Waals surface area contributed by atoms with Crippen LogP contribution in [0.4, 0.5) is 5.69 Å². The zero-order chi connectivity index (χ0) is 16.0. The van der Waals surface area contributed by atoms with Crippen LogP contribution >= 0.6 is 0 Å². The number of rotatable bonds is 3. The van der Waals surface area contributed by atoms with Gasteiger partial charge in [-0.15, -0.1) is 0 Å². The van der Waals surface area contributed by atoms with Gasteiger partial charge in [-0.2, -0.15) is 0 Å². The summed E-state index contributed by atoms with van der Waals surface area (Å²) < 4.78 is 5.55. The summed E-state index contributed by atoms with van der Waals surface area (Å²) in [5.74, 6) is -2.85. The van der Waals surface area contributed by atoms with Crippen molar-refractivity contribution in [3.63, 3.8) is 0 Å². The van der Waals surface area contributed by atoms with Crippen molar-refractivity contribution in [2.45, 2.75) is 12.2 Å². The second-order valence-electron chi connectivity index (χ2n) is 5.86. The third-order valence-electron chi connectivity index (χ3n) is 4.53. The number of carbonyl (C=O) groups is 2. The largest absolute Gasteiger partial charge is 0.481 e. The number of carboxylic acid groups (broad SMARTS) is 1. The number of anilines is 1. The molecule has 4 atom stereocenters. The van der Waals surface area contributed by atoms with Crippen LogP contribution in [0.2, 0.25) is 0 Å². The number of hydrogen-bond donors (Lipinski definition) is 2. The first-order chi connectivity index (χ1) is 11.1. The number of amides is 1. The predicted molar refractivity (Wildman–Crippen MR) is 85.0 cm³/mol. The van der Waals surface area contributed by atoms with Crippen LogP contribution in [0.3, 0.4) is 0 Å². The molecule has 5 nitrogen and oxygen atoms in total. The van der Waals surface area contributed by atoms with Crippen LogP contribution in [0.25, 0.3) is 10.8 Å². The molecule has 5 heteroatoms. The molecule has 2 aliphatic heterocycles. The monoisotopic (exact) mass is 309 g/mol. The lowest BCUT2D eigenvalue weighted by Crippen LogP contribution is -2.39. The molecule has 2 aromatic rings. The number of carbonyl (C=O) groups excluding carboxylic acids is 1. The van der Waals surface area contributed by atoms with E-state index in [-0.39, 0.29) is 5.91 Å². The van der Waals surface area contributed by atoms with E-state index >= 15 is 0 Å². The van der Waals surface area contributed by atoms with Crippen LogP contribution in [-0.4, -0.2) is 29.2 Å². The molecule has 1 amide bonds. The average molecular weight is 309 g/mol. The molecule has 0 saturated carbocycles. The molecule has 0 radical (unpaired) electrons. The van der Waals surface area contributed by atoms with Gasteiger partial charge in [-0.05, 0) is 11.5 Å². The van der Waals surface area contributed by atoms with Crippen molar-refractivity contribution >= 4 is 28.3 Å². The molecular weight excluding hydrogens is 294 g/mol. The first-order valence-corrected chi connectivity index (χ1v) is 7.50. The van der Waals surface area contributed by atoms with Gasteiger partial charge in [0.1, 0.15) is 5.92 Å². The number of aliphatic carboxylic acids is 1. The van der Waals surface area contributed by atoms with Crippen LogP contribution < -0.4 is 5.32 Å². The fourth-order valence-electron chi connectivity index (χ4n) is 3.47. The Kier molecular flexibility index (Phi) is 3.16. The van der Waals surface area contributed by atoms with Crippen LogP contribution in [0.5, 0.6) is 0 Å². The Morgan fingerprint density at radius 2 is 1.65 bits per heavy atom. The summed E-state index contributed by atoms with van der Waals surface area (Å²) in [5, 5.41) is 14.2. The summed E-state index contributed by atoms with van der Waals surface area (Å²) in [5.41, 5.74) is 0.684. The molecule has 0 aromatic heterocycles. The Bertz CT molecular complexity index is 823. The minimum absolute atomic E-state index is 0.314. The maximum Gasteiger partial charge on any atom is 0.310 e. The molecule has 2 N–H and O–H groups in total. The molecule has 0 unspecified atom stereocenters. The fourth-order valence-corrected chi connectivity index (χ4v) is 3.47. The minimum Gasteiger partial charge on any atom is -0.481 e. The molecule has 0 aliphatic carbocycles. The first kappa shape index (κ1) is 14.0. The number of nitrogens with one attached hydrogen (secondary N) is 1. The molecule has 2 bridgehead atoms. The minimum atomic E-state index is -1.00. The Morgan fingerprint density at radius 3 is 2.43 bits per heavy atom. The Hall–Kier alpha value is -2.66. The van der Waals surface area contributed by atoms with Crippen LogP contribution in [0, 0.1) is 11.8 Å². The van der Waals surface area contributed by atoms with Gasteiger partial charge in [-0.1, -0.05) is 48.6 Å². The van der Waals surface area contributed by atoms with Crippen LogP contribution in [-0.2, 0) is 14.3 Å². The summed E-state index contributed by atoms with van der Waals surface area (Å²) >= 11 is 0. The van der Waals surface area contributed by atoms with E-state index in [1.165, 1.54) is 0 Å². The lowest BCUT2D eigenvalue weighted by molar-refractivity contribution is -0.145. The van der Waals surface area contributed by atoms with Gasteiger partial charge in [0.25, 0.3) is 0 Å². The zero-order valence-electron chi connectivity index (χ0n) is 12.2. The smallest absolute Gasteiger partial charge is 0.310 e. The van der Waals surface area contributed by atoms with Gasteiger partial charge in [-0.25, -0.2) is 0 Å². The lowest BCUT2D eigenvalue weighted by Gasteiger charge is -2.21. The highest BCUT2D eigenvalue weighted by atomic mass is 16.5. The third-order valence-corrected chi connectivity index (χ3v) is 4.53. The highest BCUT2D eigenvalue weighted by Gasteiger charge is 2.53. The first-order valence-electron chi connectivity index (χ1n) is 7.50. The van der Waals surface area contributed by atoms with E-state index in [4.69, 9.17) is 4.74 Å². The maximum absolute atomic E-state index is 12.7. The summed E-state index contributed by atoms with van der Waals surface area (Å²) in [6.07, 6.45) is 2.53. The fraction of sp³-hybridized carbons (Fsp3) is 0.222. The molecule has 23 heavy (non-hydrogen) atoms. The average Bonchev–Trinajstić information content (AvgIpc) is 3.16. The summed E-state index contributed by atoms with van der Waals surface area (Å²) in [6, 6.07) is 13.4. The van der Waals surface area contributed by atoms with Gasteiger partial charge in [0.05, 0.1) is 18.1 Å². The zero-order valence-corrected chi connectivity index (χ0v) is 12.2. The van der Waals surface area contributed by atoms with Crippen molar-refractivity contribution in [1.82, 2.24) is 0 Å². The van der Waals surface area contributed by atoms with Gasteiger partial charge in [0.15, 0.2) is 0 Å². The van der Waals surface area contributed by atoms with E-state index in [1.807, 2.05) is 42.5 Å². The second kappa shape index (κ2) is 5.21. The van der Waals surface area contributed by atoms with Gasteiger partial charge < -0.3 is 15.2 Å². The third kappa shape index (κ3) is 2.21. The van der Waals surface area contributed by atoms with Gasteiger partial charge in [-0.3, -0.25) is 9.59 Å². The number of carboxylic acids is 1. The van der Waals surface area contributed by atoms with Gasteiger partial charge in [0.2, 0.25) is 5.91 Å². The quantitative estimate of drug-likeness (QED) is 0.854. The molecule has 2 aliphatic rings. The normalized spacial score (nSPS) is 28.2. The summed E-state index contributed by atoms with van der Waals surface area (Å²) in [4.78, 5) is 24.2. The molecule has 2 heterocycles. The van der Waals surface area contributed by atoms with E-state index < -0.39 is 30.0 Å². The number of benzene rings is 2. The topological polar surface area (TPSA) is 75.6 Å². The Balaban J connectivity index is 1.65. The molecular formula is C18H15NO4. The highest BCUT2D eigenvalue weighted by Crippen LogP contribution is 2.40. The lowest BCUT2D eigenvalue weighted by atomic mass is 9.82. The molecule has 1 fully saturated rings. The van der Waals surface area contributed by atoms with Crippen molar-refractivity contribution in [2.75, 3.05) is 5.32 Å². The molecule has 0 spiro atoms. The van der Waals surface area contributed by atoms with Gasteiger partial charge >= 0.3 is 5.97 Å². The number of fused-ring (bicyclic) bond motifs is 3. The second-order valence-corrected chi connectivity index (χ2v) is 5.86. The number of ether oxygens (including phenoxy) is 1. The van der Waals surface area contributed by atoms with E-state index in [2.05, 4.69) is 5.32 Å². The van der Waals surface area contributed by atoms with Gasteiger partial charge in [0, 0.05) is 11.1 Å². The summed E-state index contributed by atoms with van der Waals surface area (Å²) in [6.45, 7) is 0. The van der Waals surface area contributed by atoms with E-state index in [9.17, 15) is 14.7 Å². The Morgan fingerprint density at radius 1 is 0.957 bits per heavy atom. The van der Waals surface area contributed by atoms with E-state index in [0.29, 0.717) is 5.69 Å². The van der Waals surface area contributed by atoms with Crippen LogP contribution in [0.1, 0.15) is 0 Å². The predicted octanol–water partition coefficient (Wildman–Crippen LogP) is 2.43.